The molecule has 0 atom stereocenters. The van der Waals surface area contributed by atoms with Crippen LogP contribution in [0.25, 0.3) is 0 Å². The molecule has 0 bridgehead atoms. The average Bonchev–Trinajstić information content (AvgIpc) is 2.67. The van der Waals surface area contributed by atoms with E-state index in [4.69, 9.17) is 5.73 Å². The first-order valence-corrected chi connectivity index (χ1v) is 4.29. The Balaban J connectivity index is 2.15. The Morgan fingerprint density at radius 3 is 2.57 bits per heavy atom. The zero-order chi connectivity index (χ0) is 10.1. The van der Waals surface area contributed by atoms with Crippen LogP contribution >= 0.6 is 0 Å². The van der Waals surface area contributed by atoms with Gasteiger partial charge in [0.1, 0.15) is 5.82 Å². The van der Waals surface area contributed by atoms with E-state index in [9.17, 15) is 9.59 Å². The highest BCUT2D eigenvalue weighted by Gasteiger charge is 2.29. The smallest absolute Gasteiger partial charge is 0.230 e. The lowest BCUT2D eigenvalue weighted by Crippen LogP contribution is -2.28. The number of nitrogens with zero attached hydrogens (tertiary/aromatic N) is 2. The highest BCUT2D eigenvalue weighted by Crippen LogP contribution is 2.17. The molecule has 1 aromatic rings. The number of carbonyl (C=O) groups excluding carboxylic acids is 2. The molecule has 0 saturated carbocycles. The first-order chi connectivity index (χ1) is 6.68. The SMILES string of the molecule is Nc1[nH]ncc1CN1C(=O)CCC1=O. The van der Waals surface area contributed by atoms with Gasteiger partial charge >= 0.3 is 0 Å². The second-order valence-corrected chi connectivity index (χ2v) is 3.18. The number of aromatic nitrogens is 2. The first-order valence-electron chi connectivity index (χ1n) is 4.29. The van der Waals surface area contributed by atoms with E-state index in [0.29, 0.717) is 24.2 Å². The summed E-state index contributed by atoms with van der Waals surface area (Å²) in [5.41, 5.74) is 6.22. The number of H-pyrrole nitrogens is 1. The third kappa shape index (κ3) is 1.34. The molecule has 3 N–H and O–H groups in total. The molecule has 6 heteroatoms. The van der Waals surface area contributed by atoms with Crippen molar-refractivity contribution >= 4 is 17.6 Å². The molecular formula is C8H10N4O2. The molecule has 1 saturated heterocycles. The standard InChI is InChI=1S/C8H10N4O2/c9-8-5(3-10-11-8)4-12-6(13)1-2-7(12)14/h3H,1-2,4H2,(H3,9,10,11). The van der Waals surface area contributed by atoms with Crippen LogP contribution in [0.1, 0.15) is 18.4 Å². The van der Waals surface area contributed by atoms with Crippen LogP contribution in [0.15, 0.2) is 6.20 Å². The van der Waals surface area contributed by atoms with Crippen LogP contribution in [0.4, 0.5) is 5.82 Å². The number of amides is 2. The molecule has 0 unspecified atom stereocenters. The van der Waals surface area contributed by atoms with E-state index in [1.807, 2.05) is 0 Å². The monoisotopic (exact) mass is 194 g/mol. The fraction of sp³-hybridized carbons (Fsp3) is 0.375. The maximum absolute atomic E-state index is 11.3. The molecular weight excluding hydrogens is 184 g/mol. The van der Waals surface area contributed by atoms with Crippen LogP contribution in [0.5, 0.6) is 0 Å². The van der Waals surface area contributed by atoms with Gasteiger partial charge < -0.3 is 5.73 Å². The van der Waals surface area contributed by atoms with Crippen LogP contribution in [-0.4, -0.2) is 26.9 Å². The molecule has 0 spiro atoms. The molecule has 2 rings (SSSR count). The molecule has 1 fully saturated rings. The first kappa shape index (κ1) is 8.74. The van der Waals surface area contributed by atoms with Gasteiger partial charge in [-0.15, -0.1) is 0 Å². The van der Waals surface area contributed by atoms with Crippen LogP contribution in [0.3, 0.4) is 0 Å². The summed E-state index contributed by atoms with van der Waals surface area (Å²) in [4.78, 5) is 23.7. The Hall–Kier alpha value is -1.85. The lowest BCUT2D eigenvalue weighted by molar-refractivity contribution is -0.139. The van der Waals surface area contributed by atoms with Gasteiger partial charge in [0.25, 0.3) is 0 Å². The van der Waals surface area contributed by atoms with Gasteiger partial charge in [0.15, 0.2) is 0 Å². The molecule has 2 amide bonds. The predicted octanol–water partition coefficient (Wildman–Crippen LogP) is -0.359. The fourth-order valence-electron chi connectivity index (χ4n) is 1.42. The molecule has 0 aliphatic carbocycles. The van der Waals surface area contributed by atoms with Gasteiger partial charge in [-0.25, -0.2) is 0 Å². The number of hydrogen-bond acceptors (Lipinski definition) is 4. The molecule has 6 nitrogen and oxygen atoms in total. The Bertz CT molecular complexity index is 368. The summed E-state index contributed by atoms with van der Waals surface area (Å²) in [5.74, 6) is 0.115. The van der Waals surface area contributed by atoms with Crippen molar-refractivity contribution in [2.24, 2.45) is 0 Å². The number of carbonyl (C=O) groups is 2. The van der Waals surface area contributed by atoms with Gasteiger partial charge in [0.2, 0.25) is 11.8 Å². The highest BCUT2D eigenvalue weighted by atomic mass is 16.2. The van der Waals surface area contributed by atoms with E-state index in [0.717, 1.165) is 0 Å². The van der Waals surface area contributed by atoms with Gasteiger partial charge in [0.05, 0.1) is 12.7 Å². The molecule has 1 aliphatic rings. The van der Waals surface area contributed by atoms with Crippen molar-refractivity contribution in [3.8, 4) is 0 Å². The number of hydrogen-bond donors (Lipinski definition) is 2. The van der Waals surface area contributed by atoms with Crippen molar-refractivity contribution in [1.29, 1.82) is 0 Å². The Labute approximate surface area is 80.1 Å². The number of nitrogen functional groups attached to an aromatic ring is 1. The van der Waals surface area contributed by atoms with E-state index in [2.05, 4.69) is 10.2 Å². The van der Waals surface area contributed by atoms with Gasteiger partial charge in [0, 0.05) is 18.4 Å². The molecule has 1 aromatic heterocycles. The summed E-state index contributed by atoms with van der Waals surface area (Å²) in [6.07, 6.45) is 2.13. The maximum Gasteiger partial charge on any atom is 0.230 e. The van der Waals surface area contributed by atoms with Crippen LogP contribution in [-0.2, 0) is 16.1 Å². The summed E-state index contributed by atoms with van der Waals surface area (Å²) >= 11 is 0. The molecule has 2 heterocycles. The van der Waals surface area contributed by atoms with Crippen molar-refractivity contribution in [2.75, 3.05) is 5.73 Å². The van der Waals surface area contributed by atoms with Crippen LogP contribution in [0, 0.1) is 0 Å². The lowest BCUT2D eigenvalue weighted by Gasteiger charge is -2.12. The highest BCUT2D eigenvalue weighted by molar-refractivity contribution is 6.01. The largest absolute Gasteiger partial charge is 0.384 e. The minimum Gasteiger partial charge on any atom is -0.384 e. The van der Waals surface area contributed by atoms with Gasteiger partial charge in [-0.1, -0.05) is 0 Å². The average molecular weight is 194 g/mol. The zero-order valence-electron chi connectivity index (χ0n) is 7.49. The van der Waals surface area contributed by atoms with E-state index < -0.39 is 0 Å². The second kappa shape index (κ2) is 3.13. The minimum atomic E-state index is -0.143. The molecule has 0 radical (unpaired) electrons. The van der Waals surface area contributed by atoms with Crippen molar-refractivity contribution in [2.45, 2.75) is 19.4 Å². The van der Waals surface area contributed by atoms with Crippen LogP contribution < -0.4 is 5.73 Å². The fourth-order valence-corrected chi connectivity index (χ4v) is 1.42. The summed E-state index contributed by atoms with van der Waals surface area (Å²) in [5, 5.41) is 6.27. The molecule has 14 heavy (non-hydrogen) atoms. The van der Waals surface area contributed by atoms with Crippen LogP contribution in [0.2, 0.25) is 0 Å². The maximum atomic E-state index is 11.3. The quantitative estimate of drug-likeness (QED) is 0.629. The molecule has 1 aliphatic heterocycles. The van der Waals surface area contributed by atoms with E-state index >= 15 is 0 Å². The Morgan fingerprint density at radius 1 is 1.43 bits per heavy atom. The zero-order valence-corrected chi connectivity index (χ0v) is 7.49. The van der Waals surface area contributed by atoms with E-state index in [-0.39, 0.29) is 18.4 Å². The number of anilines is 1. The Morgan fingerprint density at radius 2 is 2.07 bits per heavy atom. The number of nitrogens with two attached hydrogens (primary N) is 1. The van der Waals surface area contributed by atoms with Crippen molar-refractivity contribution < 1.29 is 9.59 Å². The second-order valence-electron chi connectivity index (χ2n) is 3.18. The topological polar surface area (TPSA) is 92.1 Å². The number of imide groups is 1. The number of likely N-dealkylation sites (tertiary alicyclic amines) is 1. The van der Waals surface area contributed by atoms with Crippen molar-refractivity contribution in [3.63, 3.8) is 0 Å². The van der Waals surface area contributed by atoms with E-state index in [1.54, 1.807) is 0 Å². The Kier molecular flexibility index (Phi) is 1.95. The third-order valence-corrected chi connectivity index (χ3v) is 2.23. The minimum absolute atomic E-state index is 0.143. The summed E-state index contributed by atoms with van der Waals surface area (Å²) in [6.45, 7) is 0.222. The normalized spacial score (nSPS) is 16.7. The van der Waals surface area contributed by atoms with Crippen molar-refractivity contribution in [3.05, 3.63) is 11.8 Å². The summed E-state index contributed by atoms with van der Waals surface area (Å²) < 4.78 is 0. The number of rotatable bonds is 2. The van der Waals surface area contributed by atoms with Gasteiger partial charge in [-0.3, -0.25) is 19.6 Å². The lowest BCUT2D eigenvalue weighted by atomic mass is 10.3. The number of aromatic amines is 1. The van der Waals surface area contributed by atoms with Gasteiger partial charge in [-0.2, -0.15) is 5.10 Å². The number of nitrogens with one attached hydrogen (secondary N) is 1. The summed E-state index contributed by atoms with van der Waals surface area (Å²) in [7, 11) is 0. The third-order valence-electron chi connectivity index (χ3n) is 2.23. The van der Waals surface area contributed by atoms with Gasteiger partial charge in [-0.05, 0) is 0 Å². The molecule has 0 aromatic carbocycles. The molecule has 74 valence electrons. The van der Waals surface area contributed by atoms with Crippen molar-refractivity contribution in [1.82, 2.24) is 15.1 Å². The summed E-state index contributed by atoms with van der Waals surface area (Å²) in [6, 6.07) is 0. The van der Waals surface area contributed by atoms with E-state index in [1.165, 1.54) is 11.1 Å². The predicted molar refractivity (Wildman–Crippen MR) is 47.8 cm³/mol.